The van der Waals surface area contributed by atoms with Crippen LogP contribution in [0.15, 0.2) is 60.0 Å². The summed E-state index contributed by atoms with van der Waals surface area (Å²) in [5.74, 6) is -0.0452. The van der Waals surface area contributed by atoms with E-state index in [0.717, 1.165) is 15.8 Å². The van der Waals surface area contributed by atoms with E-state index in [4.69, 9.17) is 5.73 Å². The summed E-state index contributed by atoms with van der Waals surface area (Å²) in [5, 5.41) is 15.0. The molecule has 0 saturated carbocycles. The molecule has 3 aromatic rings. The molecule has 1 heterocycles. The Balaban J connectivity index is 1.96. The standard InChI is InChI=1S/C17H17NOS/c18-11-15(16-6-3-9-20-16)17(19)14-8-7-12-4-1-2-5-13(12)10-14/h1-10,15,17,19H,11,18H2. The molecular formula is C17H17NOS. The van der Waals surface area contributed by atoms with Crippen molar-refractivity contribution in [2.45, 2.75) is 12.0 Å². The first-order valence-electron chi connectivity index (χ1n) is 6.70. The zero-order valence-electron chi connectivity index (χ0n) is 11.1. The van der Waals surface area contributed by atoms with Crippen molar-refractivity contribution in [2.75, 3.05) is 6.54 Å². The van der Waals surface area contributed by atoms with Crippen LogP contribution in [0.25, 0.3) is 10.8 Å². The summed E-state index contributed by atoms with van der Waals surface area (Å²) in [5.41, 5.74) is 6.79. The van der Waals surface area contributed by atoms with Gasteiger partial charge in [0.15, 0.2) is 0 Å². The third-order valence-corrected chi connectivity index (χ3v) is 4.66. The van der Waals surface area contributed by atoms with Gasteiger partial charge in [0.1, 0.15) is 0 Å². The minimum atomic E-state index is -0.566. The molecule has 0 aliphatic heterocycles. The molecule has 20 heavy (non-hydrogen) atoms. The van der Waals surface area contributed by atoms with Crippen molar-refractivity contribution in [2.24, 2.45) is 5.73 Å². The molecule has 0 saturated heterocycles. The van der Waals surface area contributed by atoms with Crippen LogP contribution in [0.4, 0.5) is 0 Å². The fourth-order valence-corrected chi connectivity index (χ4v) is 3.40. The quantitative estimate of drug-likeness (QED) is 0.767. The van der Waals surface area contributed by atoms with Gasteiger partial charge in [-0.05, 0) is 33.8 Å². The minimum absolute atomic E-state index is 0.0452. The van der Waals surface area contributed by atoms with Crippen LogP contribution in [0.5, 0.6) is 0 Å². The molecule has 3 N–H and O–H groups in total. The van der Waals surface area contributed by atoms with Crippen LogP contribution in [0, 0.1) is 0 Å². The molecule has 3 rings (SSSR count). The molecule has 0 aliphatic rings. The fourth-order valence-electron chi connectivity index (χ4n) is 2.53. The van der Waals surface area contributed by atoms with Crippen LogP contribution in [0.3, 0.4) is 0 Å². The highest BCUT2D eigenvalue weighted by atomic mass is 32.1. The number of hydrogen-bond acceptors (Lipinski definition) is 3. The Morgan fingerprint density at radius 2 is 1.80 bits per heavy atom. The SMILES string of the molecule is NCC(c1cccs1)C(O)c1ccc2ccccc2c1. The number of aliphatic hydroxyl groups is 1. The van der Waals surface area contributed by atoms with Crippen LogP contribution >= 0.6 is 11.3 Å². The molecule has 1 aromatic heterocycles. The first-order valence-corrected chi connectivity index (χ1v) is 7.58. The number of benzene rings is 2. The molecule has 2 atom stereocenters. The topological polar surface area (TPSA) is 46.2 Å². The zero-order valence-corrected chi connectivity index (χ0v) is 11.9. The smallest absolute Gasteiger partial charge is 0.0878 e. The van der Waals surface area contributed by atoms with Gasteiger partial charge in [0.2, 0.25) is 0 Å². The summed E-state index contributed by atoms with van der Waals surface area (Å²) < 4.78 is 0. The van der Waals surface area contributed by atoms with Crippen molar-refractivity contribution in [3.05, 3.63) is 70.4 Å². The van der Waals surface area contributed by atoms with Crippen molar-refractivity contribution in [1.29, 1.82) is 0 Å². The van der Waals surface area contributed by atoms with E-state index in [9.17, 15) is 5.11 Å². The Labute approximate surface area is 122 Å². The highest BCUT2D eigenvalue weighted by Gasteiger charge is 2.22. The molecule has 2 unspecified atom stereocenters. The molecular weight excluding hydrogens is 266 g/mol. The lowest BCUT2D eigenvalue weighted by atomic mass is 9.93. The number of hydrogen-bond donors (Lipinski definition) is 2. The van der Waals surface area contributed by atoms with Gasteiger partial charge in [-0.3, -0.25) is 0 Å². The van der Waals surface area contributed by atoms with Crippen molar-refractivity contribution in [3.63, 3.8) is 0 Å². The highest BCUT2D eigenvalue weighted by molar-refractivity contribution is 7.10. The van der Waals surface area contributed by atoms with Crippen molar-refractivity contribution >= 4 is 22.1 Å². The second kappa shape index (κ2) is 5.75. The first kappa shape index (κ1) is 13.3. The monoisotopic (exact) mass is 283 g/mol. The molecule has 0 spiro atoms. The van der Waals surface area contributed by atoms with Gasteiger partial charge >= 0.3 is 0 Å². The maximum atomic E-state index is 10.6. The first-order chi connectivity index (χ1) is 9.79. The summed E-state index contributed by atoms with van der Waals surface area (Å²) in [6, 6.07) is 18.3. The van der Waals surface area contributed by atoms with Crippen molar-refractivity contribution in [1.82, 2.24) is 0 Å². The van der Waals surface area contributed by atoms with Gasteiger partial charge in [0.25, 0.3) is 0 Å². The van der Waals surface area contributed by atoms with Crippen molar-refractivity contribution < 1.29 is 5.11 Å². The molecule has 0 fully saturated rings. The molecule has 0 bridgehead atoms. The summed E-state index contributed by atoms with van der Waals surface area (Å²) in [6.07, 6.45) is -0.566. The van der Waals surface area contributed by atoms with Crippen LogP contribution in [0.1, 0.15) is 22.5 Å². The van der Waals surface area contributed by atoms with Gasteiger partial charge in [0, 0.05) is 17.3 Å². The maximum absolute atomic E-state index is 10.6. The average molecular weight is 283 g/mol. The van der Waals surface area contributed by atoms with E-state index < -0.39 is 6.10 Å². The average Bonchev–Trinajstić information content (AvgIpc) is 3.01. The molecule has 2 aromatic carbocycles. The molecule has 0 radical (unpaired) electrons. The van der Waals surface area contributed by atoms with Gasteiger partial charge in [-0.15, -0.1) is 11.3 Å². The van der Waals surface area contributed by atoms with Gasteiger partial charge in [-0.25, -0.2) is 0 Å². The lowest BCUT2D eigenvalue weighted by molar-refractivity contribution is 0.149. The fraction of sp³-hybridized carbons (Fsp3) is 0.176. The molecule has 3 heteroatoms. The number of thiophene rings is 1. The third kappa shape index (κ3) is 2.48. The van der Waals surface area contributed by atoms with Crippen molar-refractivity contribution in [3.8, 4) is 0 Å². The highest BCUT2D eigenvalue weighted by Crippen LogP contribution is 2.33. The summed E-state index contributed by atoms with van der Waals surface area (Å²) in [7, 11) is 0. The number of rotatable bonds is 4. The van der Waals surface area contributed by atoms with Crippen LogP contribution in [0.2, 0.25) is 0 Å². The van der Waals surface area contributed by atoms with E-state index in [-0.39, 0.29) is 5.92 Å². The Morgan fingerprint density at radius 3 is 2.50 bits per heavy atom. The van der Waals surface area contributed by atoms with Crippen LogP contribution in [-0.4, -0.2) is 11.7 Å². The second-order valence-corrected chi connectivity index (χ2v) is 5.89. The van der Waals surface area contributed by atoms with Gasteiger partial charge in [-0.1, -0.05) is 42.5 Å². The van der Waals surface area contributed by atoms with E-state index in [1.807, 2.05) is 35.7 Å². The maximum Gasteiger partial charge on any atom is 0.0878 e. The van der Waals surface area contributed by atoms with E-state index >= 15 is 0 Å². The number of aliphatic hydroxyl groups excluding tert-OH is 1. The largest absolute Gasteiger partial charge is 0.388 e. The van der Waals surface area contributed by atoms with Gasteiger partial charge in [0.05, 0.1) is 6.10 Å². The Morgan fingerprint density at radius 1 is 1.00 bits per heavy atom. The summed E-state index contributed by atoms with van der Waals surface area (Å²) in [6.45, 7) is 0.439. The Hall–Kier alpha value is -1.68. The van der Waals surface area contributed by atoms with Gasteiger partial charge in [-0.2, -0.15) is 0 Å². The van der Waals surface area contributed by atoms with E-state index in [2.05, 4.69) is 24.3 Å². The molecule has 2 nitrogen and oxygen atoms in total. The molecule has 0 aliphatic carbocycles. The lowest BCUT2D eigenvalue weighted by Crippen LogP contribution is -2.19. The van der Waals surface area contributed by atoms with Crippen LogP contribution in [-0.2, 0) is 0 Å². The number of nitrogens with two attached hydrogens (primary N) is 1. The normalized spacial score (nSPS) is 14.3. The lowest BCUT2D eigenvalue weighted by Gasteiger charge is -2.21. The Kier molecular flexibility index (Phi) is 3.83. The summed E-state index contributed by atoms with van der Waals surface area (Å²) in [4.78, 5) is 1.13. The van der Waals surface area contributed by atoms with E-state index in [1.54, 1.807) is 11.3 Å². The van der Waals surface area contributed by atoms with Crippen LogP contribution < -0.4 is 5.73 Å². The predicted octanol–water partition coefficient (Wildman–Crippen LogP) is 3.68. The molecule has 0 amide bonds. The van der Waals surface area contributed by atoms with Gasteiger partial charge < -0.3 is 10.8 Å². The predicted molar refractivity (Wildman–Crippen MR) is 85.0 cm³/mol. The van der Waals surface area contributed by atoms with E-state index in [1.165, 1.54) is 5.39 Å². The van der Waals surface area contributed by atoms with E-state index in [0.29, 0.717) is 6.54 Å². The molecule has 102 valence electrons. The minimum Gasteiger partial charge on any atom is -0.388 e. The second-order valence-electron chi connectivity index (χ2n) is 4.91. The zero-order chi connectivity index (χ0) is 13.9. The Bertz CT molecular complexity index is 693. The summed E-state index contributed by atoms with van der Waals surface area (Å²) >= 11 is 1.64. The third-order valence-electron chi connectivity index (χ3n) is 3.66. The number of fused-ring (bicyclic) bond motifs is 1.